The molecule has 4 aromatic rings. The first kappa shape index (κ1) is 30.2. The minimum Gasteiger partial charge on any atom is -0.872 e. The molecule has 0 heterocycles. The van der Waals surface area contributed by atoms with Crippen LogP contribution in [0.5, 0.6) is 23.0 Å². The molecule has 4 rings (SSSR count). The zero-order valence-corrected chi connectivity index (χ0v) is 23.0. The third-order valence-corrected chi connectivity index (χ3v) is 5.26. The maximum absolute atomic E-state index is 12.1. The van der Waals surface area contributed by atoms with Crippen molar-refractivity contribution in [2.75, 3.05) is 0 Å². The summed E-state index contributed by atoms with van der Waals surface area (Å²) in [5, 5.41) is 60.0. The van der Waals surface area contributed by atoms with Crippen LogP contribution < -0.4 is 10.2 Å². The quantitative estimate of drug-likeness (QED) is 0.195. The van der Waals surface area contributed by atoms with E-state index in [1.54, 1.807) is 48.5 Å². The van der Waals surface area contributed by atoms with Crippen LogP contribution in [-0.2, 0) is 19.5 Å². The summed E-state index contributed by atoms with van der Waals surface area (Å²) in [5.74, 6) is -7.52. The summed E-state index contributed by atoms with van der Waals surface area (Å²) in [6.45, 7) is 0. The van der Waals surface area contributed by atoms with Crippen LogP contribution in [0, 0.1) is 0 Å². The molecule has 4 N–H and O–H groups in total. The predicted octanol–water partition coefficient (Wildman–Crippen LogP) is 2.79. The first-order valence-corrected chi connectivity index (χ1v) is 10.8. The number of ketones is 2. The number of aromatic carboxylic acids is 2. The normalized spacial score (nSPS) is 9.85. The van der Waals surface area contributed by atoms with E-state index >= 15 is 0 Å². The summed E-state index contributed by atoms with van der Waals surface area (Å²) in [6, 6.07) is 20.3. The van der Waals surface area contributed by atoms with Crippen molar-refractivity contribution in [2.45, 2.75) is 0 Å². The van der Waals surface area contributed by atoms with Gasteiger partial charge < -0.3 is 30.6 Å². The topological polar surface area (TPSA) is 195 Å². The van der Waals surface area contributed by atoms with Crippen molar-refractivity contribution in [1.29, 1.82) is 0 Å². The van der Waals surface area contributed by atoms with Crippen molar-refractivity contribution in [3.05, 3.63) is 118 Å². The third kappa shape index (κ3) is 6.65. The van der Waals surface area contributed by atoms with Gasteiger partial charge in [-0.1, -0.05) is 84.3 Å². The first-order valence-electron chi connectivity index (χ1n) is 10.8. The van der Waals surface area contributed by atoms with E-state index in [-0.39, 0.29) is 36.2 Å². The van der Waals surface area contributed by atoms with Gasteiger partial charge in [0.05, 0.1) is 5.56 Å². The van der Waals surface area contributed by atoms with Gasteiger partial charge in [0.25, 0.3) is 0 Å². The summed E-state index contributed by atoms with van der Waals surface area (Å²) >= 11 is 0. The fraction of sp³-hybridized carbons (Fsp3) is 0. The number of benzene rings is 4. The molecule has 0 unspecified atom stereocenters. The largest absolute Gasteiger partial charge is 2.00 e. The second-order valence-corrected chi connectivity index (χ2v) is 7.67. The smallest absolute Gasteiger partial charge is 0.872 e. The van der Waals surface area contributed by atoms with Crippen LogP contribution in [0.3, 0.4) is 0 Å². The number of carboxylic acids is 2. The minimum absolute atomic E-state index is 0. The molecule has 0 radical (unpaired) electrons. The minimum atomic E-state index is -1.63. The van der Waals surface area contributed by atoms with Crippen molar-refractivity contribution in [3.63, 3.8) is 0 Å². The van der Waals surface area contributed by atoms with Gasteiger partial charge in [-0.3, -0.25) is 9.59 Å². The summed E-state index contributed by atoms with van der Waals surface area (Å²) in [5.41, 5.74) is -1.48. The van der Waals surface area contributed by atoms with Crippen molar-refractivity contribution < 1.29 is 69.3 Å². The predicted molar refractivity (Wildman–Crippen MR) is 129 cm³/mol. The van der Waals surface area contributed by atoms with Crippen LogP contribution in [0.4, 0.5) is 0 Å². The van der Waals surface area contributed by atoms with Crippen molar-refractivity contribution >= 4 is 23.5 Å². The Morgan fingerprint density at radius 3 is 1.46 bits per heavy atom. The number of carbonyl (C=O) groups is 4. The monoisotopic (exact) mass is 578 g/mol. The van der Waals surface area contributed by atoms with Gasteiger partial charge in [0, 0.05) is 22.3 Å². The van der Waals surface area contributed by atoms with Gasteiger partial charge in [0.15, 0.2) is 11.6 Å². The Kier molecular flexibility index (Phi) is 10.1. The summed E-state index contributed by atoms with van der Waals surface area (Å²) in [6.07, 6.45) is 0. The molecule has 0 amide bonds. The molecular weight excluding hydrogens is 562 g/mol. The number of hydrogen-bond acceptors (Lipinski definition) is 8. The molecule has 39 heavy (non-hydrogen) atoms. The van der Waals surface area contributed by atoms with Crippen LogP contribution in [0.25, 0.3) is 0 Å². The van der Waals surface area contributed by atoms with Crippen molar-refractivity contribution in [1.82, 2.24) is 0 Å². The van der Waals surface area contributed by atoms with Crippen LogP contribution >= 0.6 is 0 Å². The van der Waals surface area contributed by atoms with E-state index in [4.69, 9.17) is 10.2 Å². The van der Waals surface area contributed by atoms with E-state index in [1.807, 2.05) is 0 Å². The Balaban J connectivity index is 0.000000267. The van der Waals surface area contributed by atoms with Gasteiger partial charge in [0.1, 0.15) is 17.1 Å². The molecule has 10 nitrogen and oxygen atoms in total. The van der Waals surface area contributed by atoms with E-state index in [0.29, 0.717) is 5.56 Å². The van der Waals surface area contributed by atoms with Gasteiger partial charge in [-0.25, -0.2) is 9.59 Å². The molecule has 0 fully saturated rings. The summed E-state index contributed by atoms with van der Waals surface area (Å²) in [4.78, 5) is 45.9. The Bertz CT molecular complexity index is 1420. The van der Waals surface area contributed by atoms with E-state index in [1.165, 1.54) is 18.2 Å². The number of hydrogen-bond donors (Lipinski definition) is 4. The SMILES string of the molecule is O=C(c1ccccc1)c1ccc(O)c(C(=O)O)c1O.O=C(c1ccccc1)c1ccc([O-])c(C(=O)O)c1[O-].[Zn+2]. The maximum atomic E-state index is 12.1. The molecule has 0 atom stereocenters. The second kappa shape index (κ2) is 13.0. The van der Waals surface area contributed by atoms with E-state index in [0.717, 1.165) is 18.2 Å². The fourth-order valence-corrected chi connectivity index (χ4v) is 3.41. The molecule has 192 valence electrons. The molecule has 4 aromatic carbocycles. The van der Waals surface area contributed by atoms with Gasteiger partial charge in [0.2, 0.25) is 0 Å². The van der Waals surface area contributed by atoms with Gasteiger partial charge >= 0.3 is 31.4 Å². The standard InChI is InChI=1S/2C14H10O5.Zn/c2*15-10-7-6-9(13(17)11(10)14(18)19)12(16)8-4-2-1-3-5-8;/h2*1-7,15,17H,(H,18,19);/q;;+2/p-2. The van der Waals surface area contributed by atoms with Gasteiger partial charge in [-0.05, 0) is 12.1 Å². The number of carbonyl (C=O) groups excluding carboxylic acids is 2. The molecule has 0 bridgehead atoms. The number of carboxylic acid groups (broad SMARTS) is 2. The van der Waals surface area contributed by atoms with Crippen molar-refractivity contribution in [3.8, 4) is 23.0 Å². The third-order valence-electron chi connectivity index (χ3n) is 5.26. The Hall–Kier alpha value is -5.02. The molecule has 0 aliphatic carbocycles. The van der Waals surface area contributed by atoms with Crippen molar-refractivity contribution in [2.24, 2.45) is 0 Å². The maximum Gasteiger partial charge on any atom is 2.00 e. The summed E-state index contributed by atoms with van der Waals surface area (Å²) < 4.78 is 0. The van der Waals surface area contributed by atoms with E-state index < -0.39 is 57.6 Å². The Morgan fingerprint density at radius 1 is 0.564 bits per heavy atom. The number of rotatable bonds is 6. The molecule has 0 aliphatic heterocycles. The first-order chi connectivity index (χ1) is 18.0. The van der Waals surface area contributed by atoms with E-state index in [2.05, 4.69) is 0 Å². The molecule has 0 saturated heterocycles. The Labute approximate surface area is 233 Å². The molecule has 0 spiro atoms. The second-order valence-electron chi connectivity index (χ2n) is 7.67. The Morgan fingerprint density at radius 2 is 1.00 bits per heavy atom. The average Bonchev–Trinajstić information content (AvgIpc) is 2.89. The molecule has 11 heteroatoms. The zero-order valence-electron chi connectivity index (χ0n) is 20.0. The molecule has 0 aliphatic rings. The van der Waals surface area contributed by atoms with Crippen LogP contribution in [0.15, 0.2) is 84.9 Å². The molecule has 0 aromatic heterocycles. The van der Waals surface area contributed by atoms with Gasteiger partial charge in [-0.15, -0.1) is 0 Å². The number of phenols is 2. The van der Waals surface area contributed by atoms with Crippen LogP contribution in [0.2, 0.25) is 0 Å². The zero-order chi connectivity index (χ0) is 28.0. The van der Waals surface area contributed by atoms with Gasteiger partial charge in [-0.2, -0.15) is 0 Å². The van der Waals surface area contributed by atoms with Crippen LogP contribution in [-0.4, -0.2) is 43.9 Å². The van der Waals surface area contributed by atoms with E-state index in [9.17, 15) is 39.6 Å². The molecule has 0 saturated carbocycles. The summed E-state index contributed by atoms with van der Waals surface area (Å²) in [7, 11) is 0. The fourth-order valence-electron chi connectivity index (χ4n) is 3.41. The molecular formula is C28H18O10Zn. The number of aromatic hydroxyl groups is 2. The average molecular weight is 580 g/mol. The van der Waals surface area contributed by atoms with Crippen LogP contribution in [0.1, 0.15) is 52.6 Å².